The van der Waals surface area contributed by atoms with Crippen LogP contribution in [-0.4, -0.2) is 39.3 Å². The molecule has 0 radical (unpaired) electrons. The van der Waals surface area contributed by atoms with Gasteiger partial charge in [0.25, 0.3) is 0 Å². The smallest absolute Gasteiger partial charge is 0.344 e. The predicted molar refractivity (Wildman–Crippen MR) is 144 cm³/mol. The monoisotopic (exact) mass is 598 g/mol. The van der Waals surface area contributed by atoms with Crippen molar-refractivity contribution < 1.29 is 35.9 Å². The van der Waals surface area contributed by atoms with Crippen LogP contribution in [-0.2, 0) is 21.9 Å². The Labute approximate surface area is 241 Å². The van der Waals surface area contributed by atoms with Gasteiger partial charge in [0.2, 0.25) is 11.8 Å². The summed E-state index contributed by atoms with van der Waals surface area (Å²) in [6.45, 7) is 5.60. The molecule has 2 aromatic rings. The molecule has 4 rings (SSSR count). The maximum atomic E-state index is 14.0. The highest BCUT2D eigenvalue weighted by Gasteiger charge is 2.40. The molecule has 6 nitrogen and oxygen atoms in total. The lowest BCUT2D eigenvalue weighted by Gasteiger charge is -2.35. The Hall–Kier alpha value is -3.18. The van der Waals surface area contributed by atoms with Gasteiger partial charge in [-0.15, -0.1) is 0 Å². The largest absolute Gasteiger partial charge is 0.416 e. The number of nitrogens with zero attached hydrogens (tertiary/aromatic N) is 3. The van der Waals surface area contributed by atoms with E-state index >= 15 is 0 Å². The van der Waals surface area contributed by atoms with E-state index in [1.54, 1.807) is 11.8 Å². The van der Waals surface area contributed by atoms with Crippen LogP contribution in [0.25, 0.3) is 11.3 Å². The van der Waals surface area contributed by atoms with E-state index in [1.807, 2.05) is 6.92 Å². The van der Waals surface area contributed by atoms with E-state index in [2.05, 4.69) is 15.3 Å². The van der Waals surface area contributed by atoms with E-state index in [1.165, 1.54) is 13.0 Å². The van der Waals surface area contributed by atoms with Crippen LogP contribution >= 0.6 is 0 Å². The molecule has 1 aliphatic heterocycles. The van der Waals surface area contributed by atoms with Crippen molar-refractivity contribution in [3.8, 4) is 11.3 Å². The Morgan fingerprint density at radius 1 is 0.929 bits per heavy atom. The van der Waals surface area contributed by atoms with Gasteiger partial charge >= 0.3 is 12.4 Å². The summed E-state index contributed by atoms with van der Waals surface area (Å²) in [5, 5.41) is 3.00. The van der Waals surface area contributed by atoms with Gasteiger partial charge in [0, 0.05) is 18.0 Å². The molecular formula is C30H36F6N4O2. The fourth-order valence-corrected chi connectivity index (χ4v) is 5.86. The highest BCUT2D eigenvalue weighted by molar-refractivity contribution is 5.89. The zero-order chi connectivity index (χ0) is 30.8. The Morgan fingerprint density at radius 2 is 1.55 bits per heavy atom. The first kappa shape index (κ1) is 31.7. The first-order valence-electron chi connectivity index (χ1n) is 14.4. The Morgan fingerprint density at radius 3 is 2.12 bits per heavy atom. The minimum absolute atomic E-state index is 0.0194. The number of amides is 2. The molecule has 2 aliphatic rings. The number of aryl methyl sites for hydroxylation is 1. The van der Waals surface area contributed by atoms with Crippen molar-refractivity contribution in [1.82, 2.24) is 20.2 Å². The third-order valence-corrected chi connectivity index (χ3v) is 8.36. The number of likely N-dealkylation sites (tertiary alicyclic amines) is 1. The number of rotatable bonds is 7. The van der Waals surface area contributed by atoms with Gasteiger partial charge in [-0.05, 0) is 69.2 Å². The van der Waals surface area contributed by atoms with Gasteiger partial charge in [-0.1, -0.05) is 33.1 Å². The second kappa shape index (κ2) is 12.6. The first-order valence-corrected chi connectivity index (χ1v) is 14.4. The topological polar surface area (TPSA) is 75.2 Å². The number of alkyl halides is 6. The molecule has 1 saturated heterocycles. The third kappa shape index (κ3) is 7.23. The number of hydrogen-bond acceptors (Lipinski definition) is 4. The van der Waals surface area contributed by atoms with Crippen molar-refractivity contribution in [1.29, 1.82) is 0 Å². The molecule has 1 saturated carbocycles. The molecule has 2 fully saturated rings. The zero-order valence-electron chi connectivity index (χ0n) is 23.9. The fraction of sp³-hybridized carbons (Fsp3) is 0.600. The SMILES string of the molecule is CCC(C)C(=O)NC(C(=O)N1CCCC1c1cc(-c2cc(C(F)(F)F)cc(C(F)(F)F)c2)nc(C)n1)C1CCCCC1. The van der Waals surface area contributed by atoms with Crippen LogP contribution in [0.1, 0.15) is 93.9 Å². The second-order valence-corrected chi connectivity index (χ2v) is 11.4. The predicted octanol–water partition coefficient (Wildman–Crippen LogP) is 7.26. The molecular weight excluding hydrogens is 562 g/mol. The normalized spacial score (nSPS) is 19.9. The van der Waals surface area contributed by atoms with E-state index in [0.29, 0.717) is 43.6 Å². The first-order chi connectivity index (χ1) is 19.7. The Kier molecular flexibility index (Phi) is 9.52. The lowest BCUT2D eigenvalue weighted by molar-refractivity contribution is -0.143. The maximum absolute atomic E-state index is 14.0. The van der Waals surface area contributed by atoms with Gasteiger partial charge in [-0.25, -0.2) is 9.97 Å². The van der Waals surface area contributed by atoms with Crippen molar-refractivity contribution in [2.45, 2.75) is 96.6 Å². The summed E-state index contributed by atoms with van der Waals surface area (Å²) in [6.07, 6.45) is -3.62. The Bertz CT molecular complexity index is 1260. The molecule has 1 aliphatic carbocycles. The van der Waals surface area contributed by atoms with E-state index in [9.17, 15) is 35.9 Å². The van der Waals surface area contributed by atoms with Crippen LogP contribution in [0.5, 0.6) is 0 Å². The molecule has 0 spiro atoms. The van der Waals surface area contributed by atoms with Gasteiger partial charge in [-0.3, -0.25) is 9.59 Å². The summed E-state index contributed by atoms with van der Waals surface area (Å²) in [5.74, 6) is -0.560. The molecule has 2 amide bonds. The number of carbonyl (C=O) groups excluding carboxylic acids is 2. The minimum Gasteiger partial charge on any atom is -0.344 e. The third-order valence-electron chi connectivity index (χ3n) is 8.36. The molecule has 3 unspecified atom stereocenters. The molecule has 12 heteroatoms. The fourth-order valence-electron chi connectivity index (χ4n) is 5.86. The summed E-state index contributed by atoms with van der Waals surface area (Å²) >= 11 is 0. The number of halogens is 6. The van der Waals surface area contributed by atoms with E-state index in [4.69, 9.17) is 0 Å². The number of hydrogen-bond donors (Lipinski definition) is 1. The van der Waals surface area contributed by atoms with Crippen LogP contribution in [0.2, 0.25) is 0 Å². The van der Waals surface area contributed by atoms with E-state index < -0.39 is 35.6 Å². The van der Waals surface area contributed by atoms with Crippen molar-refractivity contribution in [3.05, 3.63) is 46.9 Å². The number of carbonyl (C=O) groups is 2. The molecule has 1 N–H and O–H groups in total. The highest BCUT2D eigenvalue weighted by Crippen LogP contribution is 2.40. The van der Waals surface area contributed by atoms with Crippen LogP contribution in [0, 0.1) is 18.8 Å². The number of benzene rings is 1. The lowest BCUT2D eigenvalue weighted by atomic mass is 9.83. The van der Waals surface area contributed by atoms with Crippen molar-refractivity contribution in [3.63, 3.8) is 0 Å². The van der Waals surface area contributed by atoms with Crippen LogP contribution < -0.4 is 5.32 Å². The van der Waals surface area contributed by atoms with Crippen LogP contribution in [0.15, 0.2) is 24.3 Å². The molecule has 2 heterocycles. The maximum Gasteiger partial charge on any atom is 0.416 e. The van der Waals surface area contributed by atoms with Gasteiger partial charge in [0.1, 0.15) is 11.9 Å². The van der Waals surface area contributed by atoms with Gasteiger partial charge in [0.05, 0.1) is 28.6 Å². The van der Waals surface area contributed by atoms with E-state index in [-0.39, 0.29) is 46.8 Å². The van der Waals surface area contributed by atoms with Gasteiger partial charge in [0.15, 0.2) is 0 Å². The van der Waals surface area contributed by atoms with Gasteiger partial charge < -0.3 is 10.2 Å². The summed E-state index contributed by atoms with van der Waals surface area (Å²) in [7, 11) is 0. The molecule has 42 heavy (non-hydrogen) atoms. The van der Waals surface area contributed by atoms with Crippen molar-refractivity contribution in [2.75, 3.05) is 6.54 Å². The molecule has 3 atom stereocenters. The van der Waals surface area contributed by atoms with Crippen molar-refractivity contribution in [2.24, 2.45) is 11.8 Å². The molecule has 0 bridgehead atoms. The lowest BCUT2D eigenvalue weighted by Crippen LogP contribution is -2.53. The average molecular weight is 599 g/mol. The summed E-state index contributed by atoms with van der Waals surface area (Å²) in [6, 6.07) is 1.45. The van der Waals surface area contributed by atoms with Crippen LogP contribution in [0.3, 0.4) is 0 Å². The summed E-state index contributed by atoms with van der Waals surface area (Å²) < 4.78 is 81.1. The quantitative estimate of drug-likeness (QED) is 0.341. The van der Waals surface area contributed by atoms with Crippen LogP contribution in [0.4, 0.5) is 26.3 Å². The zero-order valence-corrected chi connectivity index (χ0v) is 23.9. The Balaban J connectivity index is 1.70. The highest BCUT2D eigenvalue weighted by atomic mass is 19.4. The van der Waals surface area contributed by atoms with E-state index in [0.717, 1.165) is 32.1 Å². The summed E-state index contributed by atoms with van der Waals surface area (Å²) in [5.41, 5.74) is -2.97. The van der Waals surface area contributed by atoms with Crippen molar-refractivity contribution >= 4 is 11.8 Å². The standard InChI is InChI=1S/C30H36F6N4O2/c1-4-17(2)27(41)39-26(19-9-6-5-7-10-19)28(42)40-12-8-11-25(40)24-16-23(37-18(3)38-24)20-13-21(29(31,32)33)15-22(14-20)30(34,35)36/h13-17,19,25-26H,4-12H2,1-3H3,(H,39,41). The number of aromatic nitrogens is 2. The second-order valence-electron chi connectivity index (χ2n) is 11.4. The van der Waals surface area contributed by atoms with Gasteiger partial charge in [-0.2, -0.15) is 26.3 Å². The molecule has 1 aromatic heterocycles. The average Bonchev–Trinajstić information content (AvgIpc) is 3.44. The molecule has 1 aromatic carbocycles. The number of nitrogens with one attached hydrogen (secondary N) is 1. The summed E-state index contributed by atoms with van der Waals surface area (Å²) in [4.78, 5) is 37.2. The minimum atomic E-state index is -5.00. The molecule has 230 valence electrons.